The molecule has 2 amide bonds. The van der Waals surface area contributed by atoms with Gasteiger partial charge >= 0.3 is 6.03 Å². The number of halogens is 2. The summed E-state index contributed by atoms with van der Waals surface area (Å²) in [4.78, 5) is 13.1. The van der Waals surface area contributed by atoms with Crippen LogP contribution in [0.4, 0.5) is 9.18 Å². The molecule has 1 saturated heterocycles. The predicted molar refractivity (Wildman–Crippen MR) is 89.5 cm³/mol. The summed E-state index contributed by atoms with van der Waals surface area (Å²) in [5.74, 6) is 4.42. The van der Waals surface area contributed by atoms with Crippen LogP contribution < -0.4 is 22.1 Å². The van der Waals surface area contributed by atoms with Gasteiger partial charge in [0.25, 0.3) is 0 Å². The van der Waals surface area contributed by atoms with Gasteiger partial charge in [-0.3, -0.25) is 10.9 Å². The van der Waals surface area contributed by atoms with Crippen molar-refractivity contribution in [2.75, 3.05) is 26.2 Å². The van der Waals surface area contributed by atoms with E-state index in [1.54, 1.807) is 6.07 Å². The topological polar surface area (TPSA) is 103 Å². The Morgan fingerprint density at radius 2 is 2.12 bits per heavy atom. The van der Waals surface area contributed by atoms with Crippen molar-refractivity contribution in [2.24, 2.45) is 5.84 Å². The van der Waals surface area contributed by atoms with E-state index < -0.39 is 17.4 Å². The number of amides is 2. The molecule has 134 valence electrons. The van der Waals surface area contributed by atoms with Crippen molar-refractivity contribution >= 4 is 17.6 Å². The first-order chi connectivity index (χ1) is 11.4. The lowest BCUT2D eigenvalue weighted by Gasteiger charge is -2.38. The van der Waals surface area contributed by atoms with Crippen molar-refractivity contribution in [3.05, 3.63) is 34.6 Å². The molecule has 1 aliphatic rings. The molecular formula is C15H23ClFN5O2. The average molecular weight is 360 g/mol. The number of carbonyl (C=O) groups excluding carboxylic acids is 1. The van der Waals surface area contributed by atoms with Crippen molar-refractivity contribution in [1.29, 1.82) is 0 Å². The quantitative estimate of drug-likeness (QED) is 0.224. The van der Waals surface area contributed by atoms with Gasteiger partial charge in [-0.05, 0) is 43.5 Å². The van der Waals surface area contributed by atoms with Gasteiger partial charge in [-0.15, -0.1) is 0 Å². The van der Waals surface area contributed by atoms with Crippen LogP contribution in [-0.4, -0.2) is 42.2 Å². The van der Waals surface area contributed by atoms with Gasteiger partial charge < -0.3 is 10.0 Å². The normalized spacial score (nSPS) is 17.5. The minimum absolute atomic E-state index is 0.0595. The molecule has 0 spiro atoms. The van der Waals surface area contributed by atoms with Crippen LogP contribution in [0.2, 0.25) is 5.02 Å². The maximum atomic E-state index is 13.6. The van der Waals surface area contributed by atoms with Gasteiger partial charge in [-0.1, -0.05) is 17.7 Å². The molecule has 9 heteroatoms. The van der Waals surface area contributed by atoms with E-state index in [0.29, 0.717) is 24.9 Å². The van der Waals surface area contributed by atoms with Gasteiger partial charge in [-0.25, -0.2) is 20.5 Å². The van der Waals surface area contributed by atoms with Crippen LogP contribution in [0, 0.1) is 5.82 Å². The number of hydrogen-bond acceptors (Lipinski definition) is 5. The van der Waals surface area contributed by atoms with E-state index in [0.717, 1.165) is 26.1 Å². The Morgan fingerprint density at radius 3 is 2.75 bits per heavy atom. The molecule has 0 saturated carbocycles. The smallest absolute Gasteiger partial charge is 0.343 e. The zero-order valence-electron chi connectivity index (χ0n) is 13.3. The number of aliphatic hydroxyl groups is 1. The van der Waals surface area contributed by atoms with E-state index in [2.05, 4.69) is 15.8 Å². The number of likely N-dealkylation sites (tertiary alicyclic amines) is 1. The van der Waals surface area contributed by atoms with Gasteiger partial charge in [0, 0.05) is 19.6 Å². The molecule has 1 heterocycles. The molecule has 0 aromatic heterocycles. The van der Waals surface area contributed by atoms with Gasteiger partial charge in [0.05, 0.1) is 10.6 Å². The van der Waals surface area contributed by atoms with Gasteiger partial charge in [0.2, 0.25) is 0 Å². The van der Waals surface area contributed by atoms with Crippen molar-refractivity contribution in [1.82, 2.24) is 21.2 Å². The Balaban J connectivity index is 1.74. The molecule has 1 aliphatic heterocycles. The van der Waals surface area contributed by atoms with Crippen LogP contribution in [0.1, 0.15) is 24.8 Å². The van der Waals surface area contributed by atoms with Crippen LogP contribution >= 0.6 is 11.6 Å². The van der Waals surface area contributed by atoms with Crippen molar-refractivity contribution in [3.8, 4) is 0 Å². The highest BCUT2D eigenvalue weighted by atomic mass is 35.5. The molecule has 0 unspecified atom stereocenters. The molecule has 6 N–H and O–H groups in total. The number of carbonyl (C=O) groups is 1. The summed E-state index contributed by atoms with van der Waals surface area (Å²) in [5, 5.41) is 10.8. The monoisotopic (exact) mass is 359 g/mol. The van der Waals surface area contributed by atoms with E-state index in [4.69, 9.17) is 17.4 Å². The number of nitrogens with two attached hydrogens (primary N) is 1. The summed E-state index contributed by atoms with van der Waals surface area (Å²) in [6.45, 7) is 2.88. The van der Waals surface area contributed by atoms with Crippen LogP contribution in [0.3, 0.4) is 0 Å². The number of benzene rings is 1. The Kier molecular flexibility index (Phi) is 6.76. The van der Waals surface area contributed by atoms with Crippen molar-refractivity contribution in [2.45, 2.75) is 24.9 Å². The largest absolute Gasteiger partial charge is 0.385 e. The molecular weight excluding hydrogens is 337 g/mol. The fraction of sp³-hybridized carbons (Fsp3) is 0.533. The first-order valence-electron chi connectivity index (χ1n) is 7.84. The van der Waals surface area contributed by atoms with E-state index in [9.17, 15) is 14.3 Å². The van der Waals surface area contributed by atoms with E-state index >= 15 is 0 Å². The fourth-order valence-electron chi connectivity index (χ4n) is 2.79. The minimum Gasteiger partial charge on any atom is -0.385 e. The summed E-state index contributed by atoms with van der Waals surface area (Å²) < 4.78 is 13.6. The molecule has 0 radical (unpaired) electrons. The first-order valence-corrected chi connectivity index (χ1v) is 8.22. The third-order valence-corrected chi connectivity index (χ3v) is 4.56. The van der Waals surface area contributed by atoms with Crippen LogP contribution in [-0.2, 0) is 5.60 Å². The lowest BCUT2D eigenvalue weighted by Crippen LogP contribution is -2.48. The number of nitrogens with zero attached hydrogens (tertiary/aromatic N) is 1. The number of rotatable bonds is 6. The second kappa shape index (κ2) is 8.59. The minimum atomic E-state index is -1.01. The van der Waals surface area contributed by atoms with Crippen molar-refractivity contribution < 1.29 is 14.3 Å². The zero-order valence-corrected chi connectivity index (χ0v) is 14.1. The maximum Gasteiger partial charge on any atom is 0.343 e. The SMILES string of the molecule is NNC(=O)NNCCCN1CCC(O)(c2ccc(Cl)c(F)c2)CC1. The van der Waals surface area contributed by atoms with Crippen LogP contribution in [0.15, 0.2) is 18.2 Å². The molecule has 2 rings (SSSR count). The number of urea groups is 1. The molecule has 0 bridgehead atoms. The molecule has 1 aromatic carbocycles. The Hall–Kier alpha value is -1.45. The number of nitrogens with one attached hydrogen (secondary N) is 3. The second-order valence-corrected chi connectivity index (χ2v) is 6.29. The summed E-state index contributed by atoms with van der Waals surface area (Å²) in [6, 6.07) is 3.98. The maximum absolute atomic E-state index is 13.6. The predicted octanol–water partition coefficient (Wildman–Crippen LogP) is 0.830. The second-order valence-electron chi connectivity index (χ2n) is 5.88. The lowest BCUT2D eigenvalue weighted by molar-refractivity contribution is -0.0262. The summed E-state index contributed by atoms with van der Waals surface area (Å²) in [6.07, 6.45) is 1.91. The molecule has 1 aromatic rings. The average Bonchev–Trinajstić information content (AvgIpc) is 2.58. The van der Waals surface area contributed by atoms with E-state index in [1.807, 2.05) is 5.43 Å². The van der Waals surface area contributed by atoms with Crippen LogP contribution in [0.5, 0.6) is 0 Å². The van der Waals surface area contributed by atoms with Gasteiger partial charge in [0.15, 0.2) is 0 Å². The molecule has 0 aliphatic carbocycles. The van der Waals surface area contributed by atoms with Gasteiger partial charge in [0.1, 0.15) is 5.82 Å². The lowest BCUT2D eigenvalue weighted by atomic mass is 9.84. The van der Waals surface area contributed by atoms with Crippen LogP contribution in [0.25, 0.3) is 0 Å². The van der Waals surface area contributed by atoms with Gasteiger partial charge in [-0.2, -0.15) is 0 Å². The summed E-state index contributed by atoms with van der Waals surface area (Å²) in [5.41, 5.74) is 6.65. The zero-order chi connectivity index (χ0) is 17.6. The van der Waals surface area contributed by atoms with Crippen molar-refractivity contribution in [3.63, 3.8) is 0 Å². The number of hydrazine groups is 2. The van der Waals surface area contributed by atoms with E-state index in [-0.39, 0.29) is 5.02 Å². The molecule has 7 nitrogen and oxygen atoms in total. The Bertz CT molecular complexity index is 567. The van der Waals surface area contributed by atoms with E-state index in [1.165, 1.54) is 12.1 Å². The Labute approximate surface area is 145 Å². The fourth-order valence-corrected chi connectivity index (χ4v) is 2.91. The highest BCUT2D eigenvalue weighted by Crippen LogP contribution is 2.34. The number of hydrogen-bond donors (Lipinski definition) is 5. The first kappa shape index (κ1) is 18.9. The molecule has 24 heavy (non-hydrogen) atoms. The molecule has 0 atom stereocenters. The standard InChI is InChI=1S/C15H23ClFN5O2/c16-12-3-2-11(10-13(12)17)15(24)4-8-22(9-5-15)7-1-6-19-21-14(23)20-18/h2-3,10,19,24H,1,4-9,18H2,(H2,20,21,23). The Morgan fingerprint density at radius 1 is 1.42 bits per heavy atom. The highest BCUT2D eigenvalue weighted by Gasteiger charge is 2.34. The highest BCUT2D eigenvalue weighted by molar-refractivity contribution is 6.30. The summed E-state index contributed by atoms with van der Waals surface area (Å²) in [7, 11) is 0. The third kappa shape index (κ3) is 5.02. The molecule has 1 fully saturated rings. The third-order valence-electron chi connectivity index (χ3n) is 4.25. The number of piperidine rings is 1. The summed E-state index contributed by atoms with van der Waals surface area (Å²) >= 11 is 5.69.